The van der Waals surface area contributed by atoms with E-state index in [4.69, 9.17) is 9.47 Å². The van der Waals surface area contributed by atoms with Gasteiger partial charge in [-0.05, 0) is 46.5 Å². The van der Waals surface area contributed by atoms with Crippen LogP contribution in [0.4, 0.5) is 4.79 Å². The van der Waals surface area contributed by atoms with E-state index in [0.717, 1.165) is 0 Å². The number of esters is 1. The van der Waals surface area contributed by atoms with Gasteiger partial charge >= 0.3 is 12.1 Å². The number of amides is 2. The molecule has 0 aromatic heterocycles. The van der Waals surface area contributed by atoms with Gasteiger partial charge < -0.3 is 19.7 Å². The molecule has 0 radical (unpaired) electrons. The van der Waals surface area contributed by atoms with Gasteiger partial charge in [0, 0.05) is 12.6 Å². The third kappa shape index (κ3) is 9.63. The third-order valence-electron chi connectivity index (χ3n) is 4.07. The highest BCUT2D eigenvalue weighted by molar-refractivity contribution is 5.89. The van der Waals surface area contributed by atoms with Gasteiger partial charge in [0.15, 0.2) is 0 Å². The largest absolute Gasteiger partial charge is 0.463 e. The fourth-order valence-corrected chi connectivity index (χ4v) is 2.55. The highest BCUT2D eigenvalue weighted by atomic mass is 16.6. The maximum absolute atomic E-state index is 13.3. The lowest BCUT2D eigenvalue weighted by Gasteiger charge is -2.36. The van der Waals surface area contributed by atoms with Gasteiger partial charge in [-0.1, -0.05) is 32.9 Å². The highest BCUT2D eigenvalue weighted by Crippen LogP contribution is 2.23. The fraction of sp³-hybridized carbons (Fsp3) is 0.682. The van der Waals surface area contributed by atoms with Gasteiger partial charge in [-0.2, -0.15) is 0 Å². The third-order valence-corrected chi connectivity index (χ3v) is 4.07. The van der Waals surface area contributed by atoms with Crippen molar-refractivity contribution >= 4 is 18.0 Å². The van der Waals surface area contributed by atoms with Crippen LogP contribution in [0.25, 0.3) is 0 Å². The molecule has 0 fully saturated rings. The van der Waals surface area contributed by atoms with Crippen LogP contribution >= 0.6 is 0 Å². The molecule has 29 heavy (non-hydrogen) atoms. The molecule has 0 aliphatic rings. The minimum atomic E-state index is -0.814. The Labute approximate surface area is 175 Å². The fourth-order valence-electron chi connectivity index (χ4n) is 2.55. The molecular weight excluding hydrogens is 372 g/mol. The first-order chi connectivity index (χ1) is 13.1. The molecule has 166 valence electrons. The summed E-state index contributed by atoms with van der Waals surface area (Å²) in [5.74, 6) is -0.718. The Kier molecular flexibility index (Phi) is 10.1. The Bertz CT molecular complexity index is 626. The lowest BCUT2D eigenvalue weighted by Crippen LogP contribution is -2.56. The molecule has 2 atom stereocenters. The van der Waals surface area contributed by atoms with E-state index in [-0.39, 0.29) is 12.5 Å². The molecule has 0 bridgehead atoms. The van der Waals surface area contributed by atoms with E-state index in [2.05, 4.69) is 11.9 Å². The summed E-state index contributed by atoms with van der Waals surface area (Å²) in [6.45, 7) is 18.3. The van der Waals surface area contributed by atoms with Crippen LogP contribution in [0.3, 0.4) is 0 Å². The predicted octanol–water partition coefficient (Wildman–Crippen LogP) is 3.84. The summed E-state index contributed by atoms with van der Waals surface area (Å²) in [7, 11) is 1.64. The number of alkyl carbamates (subject to hydrolysis) is 1. The predicted molar refractivity (Wildman–Crippen MR) is 114 cm³/mol. The number of nitrogens with one attached hydrogen (secondary N) is 1. The lowest BCUT2D eigenvalue weighted by atomic mass is 9.85. The first kappa shape index (κ1) is 26.7. The van der Waals surface area contributed by atoms with Crippen molar-refractivity contribution in [1.82, 2.24) is 10.2 Å². The number of hydrogen-bond acceptors (Lipinski definition) is 5. The molecule has 7 heteroatoms. The summed E-state index contributed by atoms with van der Waals surface area (Å²) in [5, 5.41) is 2.70. The molecule has 0 aliphatic heterocycles. The Hall–Kier alpha value is -2.31. The van der Waals surface area contributed by atoms with E-state index in [1.807, 2.05) is 20.8 Å². The maximum Gasteiger partial charge on any atom is 0.408 e. The average Bonchev–Trinajstić information content (AvgIpc) is 2.55. The van der Waals surface area contributed by atoms with Crippen molar-refractivity contribution in [2.75, 3.05) is 13.7 Å². The average molecular weight is 411 g/mol. The Morgan fingerprint density at radius 1 is 1.14 bits per heavy atom. The van der Waals surface area contributed by atoms with Gasteiger partial charge in [0.1, 0.15) is 11.6 Å². The molecule has 0 aromatic carbocycles. The van der Waals surface area contributed by atoms with Crippen LogP contribution in [0.15, 0.2) is 24.3 Å². The van der Waals surface area contributed by atoms with Crippen LogP contribution in [0.2, 0.25) is 0 Å². The Morgan fingerprint density at radius 2 is 1.69 bits per heavy atom. The van der Waals surface area contributed by atoms with E-state index in [1.165, 1.54) is 4.90 Å². The molecule has 0 aromatic rings. The van der Waals surface area contributed by atoms with Gasteiger partial charge in [0.2, 0.25) is 5.91 Å². The Balaban J connectivity index is 5.67. The monoisotopic (exact) mass is 410 g/mol. The number of carbonyl (C=O) groups is 3. The van der Waals surface area contributed by atoms with Crippen molar-refractivity contribution in [3.8, 4) is 0 Å². The molecule has 0 saturated carbocycles. The standard InChI is InChI=1S/C22H38N2O5/c1-11-13-16(14-15(3)19(26)28-12-2)24(10)18(25)17(21(4,5)6)23-20(27)29-22(7,8)9/h11,14,16-17H,1,12-13H2,2-10H3,(H,23,27)/t16-,17+/m0/s1. The quantitative estimate of drug-likeness (QED) is 0.373. The maximum atomic E-state index is 13.3. The normalized spacial score (nSPS) is 14.4. The molecule has 0 saturated heterocycles. The summed E-state index contributed by atoms with van der Waals surface area (Å²) < 4.78 is 10.3. The Morgan fingerprint density at radius 3 is 2.10 bits per heavy atom. The van der Waals surface area contributed by atoms with E-state index in [0.29, 0.717) is 12.0 Å². The molecular formula is C22H38N2O5. The summed E-state index contributed by atoms with van der Waals surface area (Å²) in [5.41, 5.74) is -0.821. The topological polar surface area (TPSA) is 84.9 Å². The summed E-state index contributed by atoms with van der Waals surface area (Å²) >= 11 is 0. The van der Waals surface area contributed by atoms with Gasteiger partial charge in [-0.3, -0.25) is 4.79 Å². The number of carbonyl (C=O) groups excluding carboxylic acids is 3. The van der Waals surface area contributed by atoms with E-state index < -0.39 is 35.2 Å². The molecule has 0 unspecified atom stereocenters. The SMILES string of the molecule is C=CC[C@@H](C=C(C)C(=O)OCC)N(C)C(=O)[C@@H](NC(=O)OC(C)(C)C)C(C)(C)C. The minimum Gasteiger partial charge on any atom is -0.463 e. The van der Waals surface area contributed by atoms with Crippen molar-refractivity contribution in [3.63, 3.8) is 0 Å². The van der Waals surface area contributed by atoms with Crippen LogP contribution < -0.4 is 5.32 Å². The van der Waals surface area contributed by atoms with Crippen molar-refractivity contribution in [3.05, 3.63) is 24.3 Å². The number of hydrogen-bond donors (Lipinski definition) is 1. The molecule has 0 rings (SSSR count). The zero-order valence-corrected chi connectivity index (χ0v) is 19.4. The molecule has 7 nitrogen and oxygen atoms in total. The van der Waals surface area contributed by atoms with E-state index >= 15 is 0 Å². The zero-order chi connectivity index (χ0) is 23.0. The van der Waals surface area contributed by atoms with Crippen LogP contribution in [-0.4, -0.2) is 54.2 Å². The molecule has 2 amide bonds. The van der Waals surface area contributed by atoms with Crippen LogP contribution in [0, 0.1) is 5.41 Å². The zero-order valence-electron chi connectivity index (χ0n) is 19.4. The minimum absolute atomic E-state index is 0.275. The lowest BCUT2D eigenvalue weighted by molar-refractivity contribution is -0.139. The number of rotatable bonds is 8. The molecule has 0 spiro atoms. The number of nitrogens with zero attached hydrogens (tertiary/aromatic N) is 1. The van der Waals surface area contributed by atoms with Gasteiger partial charge in [0.25, 0.3) is 0 Å². The van der Waals surface area contributed by atoms with Crippen LogP contribution in [-0.2, 0) is 19.1 Å². The summed E-state index contributed by atoms with van der Waals surface area (Å²) in [6, 6.07) is -1.22. The van der Waals surface area contributed by atoms with Crippen molar-refractivity contribution in [1.29, 1.82) is 0 Å². The molecule has 0 heterocycles. The van der Waals surface area contributed by atoms with E-state index in [1.54, 1.807) is 53.8 Å². The van der Waals surface area contributed by atoms with Crippen molar-refractivity contribution in [2.24, 2.45) is 5.41 Å². The highest BCUT2D eigenvalue weighted by Gasteiger charge is 2.37. The van der Waals surface area contributed by atoms with Crippen LogP contribution in [0.5, 0.6) is 0 Å². The molecule has 0 aliphatic carbocycles. The first-order valence-corrected chi connectivity index (χ1v) is 9.86. The molecule has 1 N–H and O–H groups in total. The summed E-state index contributed by atoms with van der Waals surface area (Å²) in [4.78, 5) is 39.0. The van der Waals surface area contributed by atoms with Crippen molar-refractivity contribution in [2.45, 2.75) is 79.5 Å². The van der Waals surface area contributed by atoms with Gasteiger partial charge in [-0.15, -0.1) is 6.58 Å². The number of likely N-dealkylation sites (N-methyl/N-ethyl adjacent to an activating group) is 1. The second kappa shape index (κ2) is 11.0. The van der Waals surface area contributed by atoms with Gasteiger partial charge in [0.05, 0.1) is 12.6 Å². The summed E-state index contributed by atoms with van der Waals surface area (Å²) in [6.07, 6.45) is 3.15. The second-order valence-electron chi connectivity index (χ2n) is 9.06. The van der Waals surface area contributed by atoms with E-state index in [9.17, 15) is 14.4 Å². The van der Waals surface area contributed by atoms with Crippen molar-refractivity contribution < 1.29 is 23.9 Å². The number of ether oxygens (including phenoxy) is 2. The smallest absolute Gasteiger partial charge is 0.408 e. The first-order valence-electron chi connectivity index (χ1n) is 9.86. The van der Waals surface area contributed by atoms with Crippen LogP contribution in [0.1, 0.15) is 61.8 Å². The van der Waals surface area contributed by atoms with Gasteiger partial charge in [-0.25, -0.2) is 9.59 Å². The second-order valence-corrected chi connectivity index (χ2v) is 9.06.